The maximum Gasteiger partial charge on any atom is 0.147 e. The Hall–Kier alpha value is -0.600. The highest BCUT2D eigenvalue weighted by molar-refractivity contribution is 7.90. The number of nitrogens with zero attached hydrogens (tertiary/aromatic N) is 1. The van der Waals surface area contributed by atoms with Crippen molar-refractivity contribution >= 4 is 9.84 Å². The van der Waals surface area contributed by atoms with Crippen LogP contribution in [0.4, 0.5) is 0 Å². The molecule has 0 radical (unpaired) electrons. The Bertz CT molecular complexity index is 266. The lowest BCUT2D eigenvalue weighted by Gasteiger charge is -2.04. The summed E-state index contributed by atoms with van der Waals surface area (Å²) in [6.45, 7) is 3.10. The first-order valence-electron chi connectivity index (χ1n) is 4.24. The van der Waals surface area contributed by atoms with E-state index in [9.17, 15) is 8.42 Å². The normalized spacial score (nSPS) is 13.6. The molecule has 0 spiro atoms. The fourth-order valence-corrected chi connectivity index (χ4v) is 1.49. The van der Waals surface area contributed by atoms with E-state index >= 15 is 0 Å². The van der Waals surface area contributed by atoms with Gasteiger partial charge in [0.1, 0.15) is 9.84 Å². The molecular weight excluding hydrogens is 188 g/mol. The molecule has 0 heterocycles. The molecule has 1 unspecified atom stereocenters. The van der Waals surface area contributed by atoms with Gasteiger partial charge in [0, 0.05) is 12.8 Å². The summed E-state index contributed by atoms with van der Waals surface area (Å²) in [6.07, 6.45) is 1.84. The molecule has 1 atom stereocenters. The van der Waals surface area contributed by atoms with Gasteiger partial charge in [0.25, 0.3) is 0 Å². The fraction of sp³-hybridized carbons (Fsp3) is 0.875. The molecule has 0 aliphatic carbocycles. The standard InChI is InChI=1S/C8H16N2O2S/c1-8(6-9)7-10-4-3-5-13(2,11)12/h8,10H,3-5,7H2,1-2H3. The number of nitrogens with one attached hydrogen (secondary N) is 1. The zero-order valence-corrected chi connectivity index (χ0v) is 8.89. The van der Waals surface area contributed by atoms with E-state index in [1.807, 2.05) is 6.92 Å². The smallest absolute Gasteiger partial charge is 0.147 e. The van der Waals surface area contributed by atoms with Gasteiger partial charge < -0.3 is 5.32 Å². The molecule has 13 heavy (non-hydrogen) atoms. The molecule has 0 aliphatic rings. The quantitative estimate of drug-likeness (QED) is 0.626. The van der Waals surface area contributed by atoms with E-state index in [1.165, 1.54) is 6.26 Å². The van der Waals surface area contributed by atoms with Crippen molar-refractivity contribution in [2.24, 2.45) is 5.92 Å². The van der Waals surface area contributed by atoms with E-state index in [-0.39, 0.29) is 11.7 Å². The van der Waals surface area contributed by atoms with Gasteiger partial charge in [-0.1, -0.05) is 0 Å². The van der Waals surface area contributed by atoms with Crippen molar-refractivity contribution in [2.45, 2.75) is 13.3 Å². The molecular formula is C8H16N2O2S. The second-order valence-corrected chi connectivity index (χ2v) is 5.48. The van der Waals surface area contributed by atoms with E-state index in [1.54, 1.807) is 0 Å². The highest BCUT2D eigenvalue weighted by Crippen LogP contribution is 1.90. The monoisotopic (exact) mass is 204 g/mol. The fourth-order valence-electron chi connectivity index (χ4n) is 0.824. The molecule has 0 saturated carbocycles. The lowest BCUT2D eigenvalue weighted by Crippen LogP contribution is -2.23. The molecule has 0 aromatic rings. The van der Waals surface area contributed by atoms with Crippen molar-refractivity contribution in [2.75, 3.05) is 25.1 Å². The van der Waals surface area contributed by atoms with Gasteiger partial charge >= 0.3 is 0 Å². The molecule has 1 N–H and O–H groups in total. The molecule has 0 aromatic carbocycles. The van der Waals surface area contributed by atoms with Crippen LogP contribution in [0, 0.1) is 17.2 Å². The summed E-state index contributed by atoms with van der Waals surface area (Å²) < 4.78 is 21.4. The summed E-state index contributed by atoms with van der Waals surface area (Å²) in [5, 5.41) is 11.5. The van der Waals surface area contributed by atoms with Crippen LogP contribution in [0.3, 0.4) is 0 Å². The highest BCUT2D eigenvalue weighted by Gasteiger charge is 2.01. The van der Waals surface area contributed by atoms with Crippen LogP contribution in [-0.4, -0.2) is 33.5 Å². The molecule has 0 aliphatic heterocycles. The second kappa shape index (κ2) is 5.95. The molecule has 0 rings (SSSR count). The predicted octanol–water partition coefficient (Wildman–Crippen LogP) is 0.170. The molecule has 76 valence electrons. The van der Waals surface area contributed by atoms with E-state index in [0.29, 0.717) is 19.5 Å². The van der Waals surface area contributed by atoms with Crippen LogP contribution in [-0.2, 0) is 9.84 Å². The highest BCUT2D eigenvalue weighted by atomic mass is 32.2. The van der Waals surface area contributed by atoms with Crippen LogP contribution in [0.25, 0.3) is 0 Å². The van der Waals surface area contributed by atoms with Gasteiger partial charge in [0.2, 0.25) is 0 Å². The third-order valence-corrected chi connectivity index (χ3v) is 2.57. The number of nitriles is 1. The van der Waals surface area contributed by atoms with Crippen LogP contribution >= 0.6 is 0 Å². The summed E-state index contributed by atoms with van der Waals surface area (Å²) in [6, 6.07) is 2.09. The van der Waals surface area contributed by atoms with Crippen LogP contribution in [0.5, 0.6) is 0 Å². The van der Waals surface area contributed by atoms with Crippen molar-refractivity contribution in [3.8, 4) is 6.07 Å². The van der Waals surface area contributed by atoms with Crippen LogP contribution < -0.4 is 5.32 Å². The lowest BCUT2D eigenvalue weighted by molar-refractivity contribution is 0.580. The van der Waals surface area contributed by atoms with Crippen molar-refractivity contribution in [3.63, 3.8) is 0 Å². The van der Waals surface area contributed by atoms with E-state index in [0.717, 1.165) is 0 Å². The number of hydrogen-bond acceptors (Lipinski definition) is 4. The van der Waals surface area contributed by atoms with E-state index in [4.69, 9.17) is 5.26 Å². The van der Waals surface area contributed by atoms with Crippen LogP contribution in [0.2, 0.25) is 0 Å². The minimum Gasteiger partial charge on any atom is -0.315 e. The third-order valence-electron chi connectivity index (χ3n) is 1.54. The maximum absolute atomic E-state index is 10.7. The molecule has 0 fully saturated rings. The van der Waals surface area contributed by atoms with Gasteiger partial charge in [-0.2, -0.15) is 5.26 Å². The van der Waals surface area contributed by atoms with Gasteiger partial charge in [-0.05, 0) is 19.9 Å². The maximum atomic E-state index is 10.7. The SMILES string of the molecule is CC(C#N)CNCCCS(C)(=O)=O. The predicted molar refractivity (Wildman–Crippen MR) is 52.0 cm³/mol. The largest absolute Gasteiger partial charge is 0.315 e. The van der Waals surface area contributed by atoms with Gasteiger partial charge in [-0.15, -0.1) is 0 Å². The Morgan fingerprint density at radius 3 is 2.62 bits per heavy atom. The number of rotatable bonds is 6. The van der Waals surface area contributed by atoms with Crippen molar-refractivity contribution in [1.29, 1.82) is 5.26 Å². The first kappa shape index (κ1) is 12.4. The Balaban J connectivity index is 3.34. The Labute approximate surface area is 79.9 Å². The summed E-state index contributed by atoms with van der Waals surface area (Å²) >= 11 is 0. The lowest BCUT2D eigenvalue weighted by atomic mass is 10.2. The Morgan fingerprint density at radius 2 is 2.15 bits per heavy atom. The van der Waals surface area contributed by atoms with Gasteiger partial charge in [0.15, 0.2) is 0 Å². The van der Waals surface area contributed by atoms with Crippen LogP contribution in [0.15, 0.2) is 0 Å². The van der Waals surface area contributed by atoms with Crippen molar-refractivity contribution in [1.82, 2.24) is 5.32 Å². The minimum absolute atomic E-state index is 0.0155. The van der Waals surface area contributed by atoms with Gasteiger partial charge in [0.05, 0.1) is 17.7 Å². The molecule has 0 aromatic heterocycles. The average Bonchev–Trinajstić information content (AvgIpc) is 2.01. The first-order valence-corrected chi connectivity index (χ1v) is 6.30. The summed E-state index contributed by atoms with van der Waals surface area (Å²) in [5.41, 5.74) is 0. The van der Waals surface area contributed by atoms with Gasteiger partial charge in [-0.3, -0.25) is 0 Å². The zero-order chi connectivity index (χ0) is 10.3. The summed E-state index contributed by atoms with van der Waals surface area (Å²) in [7, 11) is -2.84. The van der Waals surface area contributed by atoms with Crippen molar-refractivity contribution in [3.05, 3.63) is 0 Å². The van der Waals surface area contributed by atoms with Crippen molar-refractivity contribution < 1.29 is 8.42 Å². The molecule has 0 bridgehead atoms. The van der Waals surface area contributed by atoms with E-state index in [2.05, 4.69) is 11.4 Å². The summed E-state index contributed by atoms with van der Waals surface area (Å²) in [5.74, 6) is 0.194. The number of hydrogen-bond donors (Lipinski definition) is 1. The molecule has 5 heteroatoms. The summed E-state index contributed by atoms with van der Waals surface area (Å²) in [4.78, 5) is 0. The number of sulfone groups is 1. The van der Waals surface area contributed by atoms with Crippen LogP contribution in [0.1, 0.15) is 13.3 Å². The van der Waals surface area contributed by atoms with Gasteiger partial charge in [-0.25, -0.2) is 8.42 Å². The molecule has 0 amide bonds. The first-order chi connectivity index (χ1) is 5.95. The molecule has 4 nitrogen and oxygen atoms in total. The Kier molecular flexibility index (Phi) is 5.67. The average molecular weight is 204 g/mol. The topological polar surface area (TPSA) is 70.0 Å². The van der Waals surface area contributed by atoms with E-state index < -0.39 is 9.84 Å². The minimum atomic E-state index is -2.84. The second-order valence-electron chi connectivity index (χ2n) is 3.22. The molecule has 0 saturated heterocycles. The zero-order valence-electron chi connectivity index (χ0n) is 8.08. The Morgan fingerprint density at radius 1 is 1.54 bits per heavy atom. The third kappa shape index (κ3) is 9.31.